The van der Waals surface area contributed by atoms with E-state index < -0.39 is 59.5 Å². The lowest BCUT2D eigenvalue weighted by molar-refractivity contribution is -0.150. The number of likely N-dealkylation sites (tertiary alicyclic amines) is 1. The van der Waals surface area contributed by atoms with Gasteiger partial charge in [0, 0.05) is 24.0 Å². The molecule has 7 atom stereocenters. The largest absolute Gasteiger partial charge is 0.463 e. The van der Waals surface area contributed by atoms with Crippen molar-refractivity contribution in [1.29, 1.82) is 0 Å². The SMILES string of the molecule is CCCCN1C/C=C\CCC(=O)OC[C@@H](c2ccccc2)NC(=O)[C@@H]2[C@H]3O[C@@]4(C=C3Br)[C@H](C1=O)N([C@H](C)CO)C(=O)[C@@H]24. The Morgan fingerprint density at radius 1 is 1.14 bits per heavy atom. The standard InChI is InChI=1S/C31H38BrN3O7/c1-3-4-14-34-15-10-6-9-13-23(37)41-18-22(20-11-7-5-8-12-20)33-28(38)24-25-29(39)35(19(2)17-36)27(30(34)40)31(25)16-21(32)26(24)42-31/h5-8,10-12,16,19,22,24-27,36H,3-4,9,13-15,17-18H2,1-2H3,(H,33,38)/b10-6-/t19-,22+,24+,25-,26+,27+,31-/m1/s1. The van der Waals surface area contributed by atoms with Gasteiger partial charge in [-0.15, -0.1) is 0 Å². The number of nitrogens with one attached hydrogen (secondary N) is 1. The smallest absolute Gasteiger partial charge is 0.306 e. The summed E-state index contributed by atoms with van der Waals surface area (Å²) in [5.41, 5.74) is -0.627. The Bertz CT molecular complexity index is 1270. The van der Waals surface area contributed by atoms with E-state index in [4.69, 9.17) is 9.47 Å². The molecule has 42 heavy (non-hydrogen) atoms. The van der Waals surface area contributed by atoms with Crippen LogP contribution < -0.4 is 5.32 Å². The van der Waals surface area contributed by atoms with Gasteiger partial charge in [-0.05, 0) is 31.4 Å². The number of fused-ring (bicyclic) bond motifs is 2. The van der Waals surface area contributed by atoms with Crippen molar-refractivity contribution in [3.8, 4) is 0 Å². The number of nitrogens with zero attached hydrogens (tertiary/aromatic N) is 2. The average molecular weight is 645 g/mol. The number of benzene rings is 1. The normalized spacial score (nSPS) is 33.2. The zero-order valence-corrected chi connectivity index (χ0v) is 25.5. The van der Waals surface area contributed by atoms with E-state index in [0.717, 1.165) is 18.4 Å². The Morgan fingerprint density at radius 3 is 2.62 bits per heavy atom. The molecule has 5 bridgehead atoms. The first-order valence-electron chi connectivity index (χ1n) is 14.7. The minimum Gasteiger partial charge on any atom is -0.463 e. The summed E-state index contributed by atoms with van der Waals surface area (Å²) in [5, 5.41) is 13.2. The minimum absolute atomic E-state index is 0.0725. The Morgan fingerprint density at radius 2 is 1.90 bits per heavy atom. The highest BCUT2D eigenvalue weighted by atomic mass is 79.9. The first kappa shape index (κ1) is 30.4. The summed E-state index contributed by atoms with van der Waals surface area (Å²) in [4.78, 5) is 58.3. The van der Waals surface area contributed by atoms with Crippen molar-refractivity contribution in [2.75, 3.05) is 26.3 Å². The number of amides is 3. The number of ether oxygens (including phenoxy) is 2. The van der Waals surface area contributed by atoms with E-state index in [0.29, 0.717) is 17.4 Å². The molecule has 5 rings (SSSR count). The van der Waals surface area contributed by atoms with Gasteiger partial charge in [-0.2, -0.15) is 0 Å². The highest BCUT2D eigenvalue weighted by Crippen LogP contribution is 2.59. The van der Waals surface area contributed by atoms with Crippen LogP contribution in [0.1, 0.15) is 51.1 Å². The van der Waals surface area contributed by atoms with Crippen LogP contribution >= 0.6 is 15.9 Å². The van der Waals surface area contributed by atoms with Crippen molar-refractivity contribution in [2.24, 2.45) is 11.8 Å². The van der Waals surface area contributed by atoms with Crippen molar-refractivity contribution >= 4 is 39.6 Å². The number of unbranched alkanes of at least 4 members (excludes halogenated alkanes) is 1. The first-order chi connectivity index (χ1) is 20.2. The molecule has 3 amide bonds. The second-order valence-corrected chi connectivity index (χ2v) is 12.3. The molecule has 4 aliphatic heterocycles. The van der Waals surface area contributed by atoms with Crippen LogP contribution in [0, 0.1) is 11.8 Å². The molecule has 2 N–H and O–H groups in total. The Balaban J connectivity index is 1.59. The molecule has 11 heteroatoms. The molecule has 0 radical (unpaired) electrons. The summed E-state index contributed by atoms with van der Waals surface area (Å²) < 4.78 is 12.7. The molecule has 4 aliphatic rings. The zero-order valence-electron chi connectivity index (χ0n) is 23.9. The van der Waals surface area contributed by atoms with Gasteiger partial charge in [-0.1, -0.05) is 71.8 Å². The summed E-state index contributed by atoms with van der Waals surface area (Å²) in [5.74, 6) is -3.44. The average Bonchev–Trinajstić information content (AvgIpc) is 3.59. The zero-order chi connectivity index (χ0) is 30.0. The second kappa shape index (κ2) is 12.7. The molecule has 2 saturated heterocycles. The van der Waals surface area contributed by atoms with E-state index >= 15 is 0 Å². The lowest BCUT2D eigenvalue weighted by Crippen LogP contribution is -2.58. The molecule has 0 saturated carbocycles. The molecule has 4 heterocycles. The Hall–Kier alpha value is -3.02. The van der Waals surface area contributed by atoms with Crippen LogP contribution in [-0.4, -0.2) is 88.7 Å². The summed E-state index contributed by atoms with van der Waals surface area (Å²) >= 11 is 3.57. The minimum atomic E-state index is -1.38. The quantitative estimate of drug-likeness (QED) is 0.361. The number of hydrogen-bond donors (Lipinski definition) is 2. The molecule has 2 fully saturated rings. The van der Waals surface area contributed by atoms with E-state index in [9.17, 15) is 24.3 Å². The highest BCUT2D eigenvalue weighted by Gasteiger charge is 2.75. The summed E-state index contributed by atoms with van der Waals surface area (Å²) in [6.07, 6.45) is 6.92. The van der Waals surface area contributed by atoms with Crippen molar-refractivity contribution in [3.63, 3.8) is 0 Å². The van der Waals surface area contributed by atoms with Gasteiger partial charge < -0.3 is 29.7 Å². The number of carbonyl (C=O) groups is 4. The van der Waals surface area contributed by atoms with Gasteiger partial charge in [0.2, 0.25) is 17.7 Å². The van der Waals surface area contributed by atoms with Crippen molar-refractivity contribution in [2.45, 2.75) is 69.4 Å². The fourth-order valence-electron chi connectivity index (χ4n) is 6.55. The van der Waals surface area contributed by atoms with Crippen LogP contribution in [0.15, 0.2) is 53.0 Å². The van der Waals surface area contributed by atoms with Gasteiger partial charge in [-0.25, -0.2) is 0 Å². The highest BCUT2D eigenvalue weighted by molar-refractivity contribution is 9.11. The maximum atomic E-state index is 14.4. The number of hydrogen-bond acceptors (Lipinski definition) is 7. The van der Waals surface area contributed by atoms with E-state index in [1.165, 1.54) is 4.90 Å². The number of halogens is 1. The molecular formula is C31H38BrN3O7. The van der Waals surface area contributed by atoms with Crippen molar-refractivity contribution in [1.82, 2.24) is 15.1 Å². The molecule has 0 aromatic heterocycles. The lowest BCUT2D eigenvalue weighted by Gasteiger charge is -2.37. The van der Waals surface area contributed by atoms with Crippen LogP contribution in [0.25, 0.3) is 0 Å². The number of rotatable bonds is 6. The Kier molecular flexibility index (Phi) is 9.20. The molecule has 1 spiro atoms. The monoisotopic (exact) mass is 643 g/mol. The number of aliphatic hydroxyl groups excluding tert-OH is 1. The summed E-state index contributed by atoms with van der Waals surface area (Å²) in [6, 6.07) is 6.82. The summed E-state index contributed by atoms with van der Waals surface area (Å²) in [7, 11) is 0. The van der Waals surface area contributed by atoms with Gasteiger partial charge in [0.25, 0.3) is 0 Å². The van der Waals surface area contributed by atoms with E-state index in [1.807, 2.05) is 49.4 Å². The number of cyclic esters (lactones) is 1. The van der Waals surface area contributed by atoms with Gasteiger partial charge in [0.1, 0.15) is 24.4 Å². The lowest BCUT2D eigenvalue weighted by atomic mass is 9.74. The van der Waals surface area contributed by atoms with Gasteiger partial charge in [0.05, 0.1) is 30.5 Å². The second-order valence-electron chi connectivity index (χ2n) is 11.4. The number of allylic oxidation sites excluding steroid dienone is 1. The molecule has 1 aromatic rings. The molecule has 1 aromatic carbocycles. The van der Waals surface area contributed by atoms with Crippen molar-refractivity contribution in [3.05, 3.63) is 58.6 Å². The van der Waals surface area contributed by atoms with Crippen LogP contribution in [-0.2, 0) is 28.7 Å². The van der Waals surface area contributed by atoms with Crippen LogP contribution in [0.5, 0.6) is 0 Å². The van der Waals surface area contributed by atoms with Gasteiger partial charge in [0.15, 0.2) is 0 Å². The van der Waals surface area contributed by atoms with Gasteiger partial charge >= 0.3 is 5.97 Å². The van der Waals surface area contributed by atoms with E-state index in [1.54, 1.807) is 17.9 Å². The van der Waals surface area contributed by atoms with Crippen LogP contribution in [0.2, 0.25) is 0 Å². The van der Waals surface area contributed by atoms with E-state index in [-0.39, 0.29) is 32.1 Å². The topological polar surface area (TPSA) is 125 Å². The number of esters is 1. The fraction of sp³-hybridized carbons (Fsp3) is 0.548. The predicted molar refractivity (Wildman–Crippen MR) is 157 cm³/mol. The third-order valence-electron chi connectivity index (χ3n) is 8.67. The fourth-order valence-corrected chi connectivity index (χ4v) is 7.29. The first-order valence-corrected chi connectivity index (χ1v) is 15.5. The Labute approximate surface area is 254 Å². The van der Waals surface area contributed by atoms with Crippen LogP contribution in [0.3, 0.4) is 0 Å². The predicted octanol–water partition coefficient (Wildman–Crippen LogP) is 2.62. The third kappa shape index (κ3) is 5.42. The molecule has 0 aliphatic carbocycles. The van der Waals surface area contributed by atoms with Gasteiger partial charge in [-0.3, -0.25) is 19.2 Å². The van der Waals surface area contributed by atoms with Crippen LogP contribution in [0.4, 0.5) is 0 Å². The van der Waals surface area contributed by atoms with Crippen molar-refractivity contribution < 1.29 is 33.8 Å². The molecule has 10 nitrogen and oxygen atoms in total. The maximum absolute atomic E-state index is 14.4. The molecule has 226 valence electrons. The third-order valence-corrected chi connectivity index (χ3v) is 9.35. The van der Waals surface area contributed by atoms with E-state index in [2.05, 4.69) is 21.2 Å². The summed E-state index contributed by atoms with van der Waals surface area (Å²) in [6.45, 7) is 4.06. The number of carbonyl (C=O) groups excluding carboxylic acids is 4. The molecular weight excluding hydrogens is 606 g/mol. The molecule has 0 unspecified atom stereocenters. The number of aliphatic hydroxyl groups is 1. The maximum Gasteiger partial charge on any atom is 0.306 e.